The van der Waals surface area contributed by atoms with E-state index in [0.717, 1.165) is 18.0 Å². The first-order chi connectivity index (χ1) is 9.29. The van der Waals surface area contributed by atoms with Gasteiger partial charge in [0.25, 0.3) is 0 Å². The predicted molar refractivity (Wildman–Crippen MR) is 83.5 cm³/mol. The molecule has 0 spiro atoms. The van der Waals surface area contributed by atoms with Gasteiger partial charge in [-0.25, -0.2) is 0 Å². The van der Waals surface area contributed by atoms with Crippen molar-refractivity contribution in [2.24, 2.45) is 5.92 Å². The molecule has 1 atom stereocenters. The van der Waals surface area contributed by atoms with Crippen molar-refractivity contribution in [1.29, 1.82) is 0 Å². The van der Waals surface area contributed by atoms with Gasteiger partial charge >= 0.3 is 0 Å². The molecule has 0 amide bonds. The molecule has 19 heavy (non-hydrogen) atoms. The summed E-state index contributed by atoms with van der Waals surface area (Å²) >= 11 is 0. The average Bonchev–Trinajstić information content (AvgIpc) is 2.66. The van der Waals surface area contributed by atoms with Crippen LogP contribution in [0.1, 0.15) is 71.6 Å². The van der Waals surface area contributed by atoms with Crippen LogP contribution in [0.25, 0.3) is 0 Å². The number of hydrogen-bond donors (Lipinski definition) is 1. The Hall–Kier alpha value is -0.0800. The first kappa shape index (κ1) is 15.3. The molecule has 1 aliphatic carbocycles. The van der Waals surface area contributed by atoms with Crippen LogP contribution >= 0.6 is 0 Å². The monoisotopic (exact) mass is 266 g/mol. The van der Waals surface area contributed by atoms with Crippen LogP contribution in [-0.4, -0.2) is 36.6 Å². The Morgan fingerprint density at radius 2 is 1.79 bits per heavy atom. The Morgan fingerprint density at radius 1 is 1.00 bits per heavy atom. The molecule has 1 saturated heterocycles. The summed E-state index contributed by atoms with van der Waals surface area (Å²) in [4.78, 5) is 2.76. The van der Waals surface area contributed by atoms with Gasteiger partial charge in [-0.15, -0.1) is 0 Å². The van der Waals surface area contributed by atoms with E-state index >= 15 is 0 Å². The Bertz CT molecular complexity index is 233. The third kappa shape index (κ3) is 5.07. The highest BCUT2D eigenvalue weighted by Gasteiger charge is 2.20. The fourth-order valence-corrected chi connectivity index (χ4v) is 3.87. The highest BCUT2D eigenvalue weighted by molar-refractivity contribution is 4.78. The van der Waals surface area contributed by atoms with Crippen LogP contribution in [0.2, 0.25) is 0 Å². The van der Waals surface area contributed by atoms with Gasteiger partial charge in [0, 0.05) is 25.2 Å². The fourth-order valence-electron chi connectivity index (χ4n) is 3.87. The van der Waals surface area contributed by atoms with Crippen molar-refractivity contribution < 1.29 is 0 Å². The van der Waals surface area contributed by atoms with Crippen LogP contribution in [0, 0.1) is 5.92 Å². The third-order valence-corrected chi connectivity index (χ3v) is 5.32. The smallest absolute Gasteiger partial charge is 0.0110 e. The zero-order chi connectivity index (χ0) is 13.5. The van der Waals surface area contributed by atoms with Gasteiger partial charge < -0.3 is 5.32 Å². The molecule has 2 fully saturated rings. The Balaban J connectivity index is 1.65. The minimum atomic E-state index is 0.809. The summed E-state index contributed by atoms with van der Waals surface area (Å²) < 4.78 is 0. The zero-order valence-electron chi connectivity index (χ0n) is 13.2. The molecule has 0 bridgehead atoms. The zero-order valence-corrected chi connectivity index (χ0v) is 13.2. The number of nitrogens with one attached hydrogen (secondary N) is 1. The lowest BCUT2D eigenvalue weighted by Crippen LogP contribution is -2.42. The van der Waals surface area contributed by atoms with Crippen molar-refractivity contribution in [3.63, 3.8) is 0 Å². The first-order valence-corrected chi connectivity index (χ1v) is 8.77. The van der Waals surface area contributed by atoms with E-state index in [-0.39, 0.29) is 0 Å². The number of nitrogens with zero attached hydrogens (tertiary/aromatic N) is 1. The Kier molecular flexibility index (Phi) is 6.66. The summed E-state index contributed by atoms with van der Waals surface area (Å²) in [5.41, 5.74) is 0. The lowest BCUT2D eigenvalue weighted by molar-refractivity contribution is 0.189. The summed E-state index contributed by atoms with van der Waals surface area (Å²) in [6.07, 6.45) is 12.7. The van der Waals surface area contributed by atoms with Gasteiger partial charge in [-0.05, 0) is 57.4 Å². The first-order valence-electron chi connectivity index (χ1n) is 8.77. The largest absolute Gasteiger partial charge is 0.313 e. The Labute approximate surface area is 120 Å². The summed E-state index contributed by atoms with van der Waals surface area (Å²) in [6, 6.07) is 1.67. The van der Waals surface area contributed by atoms with Crippen molar-refractivity contribution in [2.75, 3.05) is 19.6 Å². The lowest BCUT2D eigenvalue weighted by Gasteiger charge is -2.31. The maximum absolute atomic E-state index is 3.81. The highest BCUT2D eigenvalue weighted by atomic mass is 15.2. The van der Waals surface area contributed by atoms with E-state index in [1.807, 2.05) is 0 Å². The van der Waals surface area contributed by atoms with E-state index < -0.39 is 0 Å². The van der Waals surface area contributed by atoms with Gasteiger partial charge in [0.05, 0.1) is 0 Å². The number of likely N-dealkylation sites (tertiary alicyclic amines) is 1. The van der Waals surface area contributed by atoms with E-state index in [9.17, 15) is 0 Å². The molecule has 1 unspecified atom stereocenters. The van der Waals surface area contributed by atoms with Crippen molar-refractivity contribution in [3.05, 3.63) is 0 Å². The molecule has 0 aromatic heterocycles. The summed E-state index contributed by atoms with van der Waals surface area (Å²) in [7, 11) is 0. The van der Waals surface area contributed by atoms with Crippen molar-refractivity contribution in [1.82, 2.24) is 10.2 Å². The molecule has 0 aromatic carbocycles. The second-order valence-electron chi connectivity index (χ2n) is 6.86. The quantitative estimate of drug-likeness (QED) is 0.814. The van der Waals surface area contributed by atoms with Gasteiger partial charge in [-0.3, -0.25) is 4.90 Å². The summed E-state index contributed by atoms with van der Waals surface area (Å²) in [5.74, 6) is 0.966. The normalized spacial score (nSPS) is 34.1. The fraction of sp³-hybridized carbons (Fsp3) is 1.00. The van der Waals surface area contributed by atoms with Crippen LogP contribution in [0.15, 0.2) is 0 Å². The van der Waals surface area contributed by atoms with Crippen LogP contribution < -0.4 is 5.32 Å². The number of hydrogen-bond acceptors (Lipinski definition) is 2. The van der Waals surface area contributed by atoms with Gasteiger partial charge in [-0.2, -0.15) is 0 Å². The Morgan fingerprint density at radius 3 is 2.53 bits per heavy atom. The minimum absolute atomic E-state index is 0.809. The SMILES string of the molecule is CCC1CCCCCN1CCNC1CCC(C)CC1. The van der Waals surface area contributed by atoms with Crippen molar-refractivity contribution >= 4 is 0 Å². The van der Waals surface area contributed by atoms with Gasteiger partial charge in [0.1, 0.15) is 0 Å². The van der Waals surface area contributed by atoms with Gasteiger partial charge in [0.2, 0.25) is 0 Å². The molecule has 2 nitrogen and oxygen atoms in total. The van der Waals surface area contributed by atoms with Crippen molar-refractivity contribution in [3.8, 4) is 0 Å². The van der Waals surface area contributed by atoms with E-state index in [1.165, 1.54) is 77.4 Å². The number of rotatable bonds is 5. The third-order valence-electron chi connectivity index (χ3n) is 5.32. The molecule has 1 aliphatic heterocycles. The van der Waals surface area contributed by atoms with Crippen LogP contribution in [0.4, 0.5) is 0 Å². The molecule has 0 aromatic rings. The highest BCUT2D eigenvalue weighted by Crippen LogP contribution is 2.23. The second kappa shape index (κ2) is 8.26. The molecular weight excluding hydrogens is 232 g/mol. The predicted octanol–water partition coefficient (Wildman–Crippen LogP) is 3.81. The molecule has 2 aliphatic rings. The molecule has 0 radical (unpaired) electrons. The molecule has 1 saturated carbocycles. The van der Waals surface area contributed by atoms with E-state index in [4.69, 9.17) is 0 Å². The minimum Gasteiger partial charge on any atom is -0.313 e. The topological polar surface area (TPSA) is 15.3 Å². The van der Waals surface area contributed by atoms with Gasteiger partial charge in [0.15, 0.2) is 0 Å². The van der Waals surface area contributed by atoms with Crippen LogP contribution in [0.5, 0.6) is 0 Å². The van der Waals surface area contributed by atoms with Crippen LogP contribution in [-0.2, 0) is 0 Å². The molecule has 1 heterocycles. The molecule has 2 heteroatoms. The van der Waals surface area contributed by atoms with Gasteiger partial charge in [-0.1, -0.05) is 26.7 Å². The molecular formula is C17H34N2. The second-order valence-corrected chi connectivity index (χ2v) is 6.86. The summed E-state index contributed by atoms with van der Waals surface area (Å²) in [6.45, 7) is 8.57. The maximum atomic E-state index is 3.81. The standard InChI is InChI=1S/C17H34N2/c1-3-17-7-5-4-6-13-19(17)14-12-18-16-10-8-15(2)9-11-16/h15-18H,3-14H2,1-2H3. The van der Waals surface area contributed by atoms with E-state index in [2.05, 4.69) is 24.1 Å². The van der Waals surface area contributed by atoms with Crippen LogP contribution in [0.3, 0.4) is 0 Å². The lowest BCUT2D eigenvalue weighted by atomic mass is 9.87. The average molecular weight is 266 g/mol. The van der Waals surface area contributed by atoms with E-state index in [0.29, 0.717) is 0 Å². The molecule has 112 valence electrons. The summed E-state index contributed by atoms with van der Waals surface area (Å²) in [5, 5.41) is 3.81. The van der Waals surface area contributed by atoms with Crippen molar-refractivity contribution in [2.45, 2.75) is 83.7 Å². The molecule has 1 N–H and O–H groups in total. The maximum Gasteiger partial charge on any atom is 0.0110 e. The van der Waals surface area contributed by atoms with E-state index in [1.54, 1.807) is 0 Å². The molecule has 2 rings (SSSR count).